The minimum absolute atomic E-state index is 0.0358. The molecule has 60 heavy (non-hydrogen) atoms. The quantitative estimate of drug-likeness (QED) is 0.109. The van der Waals surface area contributed by atoms with Crippen LogP contribution in [0.3, 0.4) is 0 Å². The van der Waals surface area contributed by atoms with Crippen LogP contribution in [0.5, 0.6) is 0 Å². The summed E-state index contributed by atoms with van der Waals surface area (Å²) >= 11 is 0. The molecule has 0 aromatic heterocycles. The van der Waals surface area contributed by atoms with Crippen LogP contribution in [0.4, 0.5) is 0 Å². The highest BCUT2D eigenvalue weighted by Crippen LogP contribution is 2.63. The summed E-state index contributed by atoms with van der Waals surface area (Å²) in [4.78, 5) is 25.9. The molecule has 10 aliphatic carbocycles. The van der Waals surface area contributed by atoms with Crippen LogP contribution < -0.4 is 0 Å². The van der Waals surface area contributed by atoms with E-state index in [1.165, 1.54) is 69.9 Å². The number of hydrogen-bond acceptors (Lipinski definition) is 10. The van der Waals surface area contributed by atoms with Gasteiger partial charge in [-0.25, -0.2) is 9.59 Å². The van der Waals surface area contributed by atoms with Gasteiger partial charge < -0.3 is 19.3 Å². The molecular formula is C49H83NO9S. The molecule has 10 aliphatic rings. The summed E-state index contributed by atoms with van der Waals surface area (Å²) in [6.07, 6.45) is 26.5. The average molecular weight is 862 g/mol. The lowest BCUT2D eigenvalue weighted by Crippen LogP contribution is -2.63. The first-order chi connectivity index (χ1) is 28.1. The molecule has 10 nitrogen and oxygen atoms in total. The zero-order valence-electron chi connectivity index (χ0n) is 38.9. The Labute approximate surface area is 364 Å². The van der Waals surface area contributed by atoms with Crippen molar-refractivity contribution in [3.8, 4) is 0 Å². The third-order valence-corrected chi connectivity index (χ3v) is 16.3. The Balaban J connectivity index is 0.000000167. The van der Waals surface area contributed by atoms with E-state index in [4.69, 9.17) is 18.4 Å². The third kappa shape index (κ3) is 12.3. The van der Waals surface area contributed by atoms with Gasteiger partial charge in [0, 0.05) is 37.1 Å². The van der Waals surface area contributed by atoms with E-state index in [1.54, 1.807) is 0 Å². The molecule has 0 aromatic carbocycles. The van der Waals surface area contributed by atoms with Crippen molar-refractivity contribution in [3.05, 3.63) is 25.3 Å². The van der Waals surface area contributed by atoms with Gasteiger partial charge in [-0.05, 0) is 161 Å². The number of hydrogen-bond donors (Lipinski definition) is 1. The molecule has 11 heteroatoms. The Bertz CT molecular complexity index is 1560. The van der Waals surface area contributed by atoms with Crippen LogP contribution in [0.2, 0.25) is 0 Å². The van der Waals surface area contributed by atoms with E-state index in [0.29, 0.717) is 42.2 Å². The monoisotopic (exact) mass is 862 g/mol. The molecule has 0 aliphatic heterocycles. The zero-order valence-corrected chi connectivity index (χ0v) is 39.7. The summed E-state index contributed by atoms with van der Waals surface area (Å²) < 4.78 is 47.0. The molecule has 0 spiro atoms. The van der Waals surface area contributed by atoms with Gasteiger partial charge in [0.15, 0.2) is 0 Å². The van der Waals surface area contributed by atoms with Gasteiger partial charge in [0.2, 0.25) is 0 Å². The second kappa shape index (κ2) is 19.5. The van der Waals surface area contributed by atoms with Gasteiger partial charge in [0.1, 0.15) is 11.2 Å². The summed E-state index contributed by atoms with van der Waals surface area (Å²) in [5.74, 6) is 1.43. The molecule has 0 radical (unpaired) electrons. The molecule has 0 heterocycles. The molecule has 0 aromatic rings. The number of esters is 2. The van der Waals surface area contributed by atoms with E-state index in [2.05, 4.69) is 66.5 Å². The number of rotatable bonds is 13. The smallest absolute Gasteiger partial charge is 0.330 e. The van der Waals surface area contributed by atoms with Crippen molar-refractivity contribution in [2.45, 2.75) is 235 Å². The molecule has 344 valence electrons. The van der Waals surface area contributed by atoms with Crippen molar-refractivity contribution >= 4 is 22.1 Å². The van der Waals surface area contributed by atoms with Gasteiger partial charge in [-0.3, -0.25) is 9.08 Å². The van der Waals surface area contributed by atoms with Crippen molar-refractivity contribution in [1.29, 1.82) is 0 Å². The van der Waals surface area contributed by atoms with Crippen LogP contribution in [0.25, 0.3) is 0 Å². The number of carbonyl (C=O) groups excluding carboxylic acids is 2. The van der Waals surface area contributed by atoms with Gasteiger partial charge in [-0.15, -0.1) is 0 Å². The highest BCUT2D eigenvalue weighted by Gasteiger charge is 2.63. The molecule has 0 amide bonds. The Morgan fingerprint density at radius 1 is 0.667 bits per heavy atom. The second-order valence-corrected chi connectivity index (χ2v) is 22.9. The van der Waals surface area contributed by atoms with Crippen molar-refractivity contribution in [1.82, 2.24) is 4.90 Å². The Morgan fingerprint density at radius 2 is 1.05 bits per heavy atom. The molecule has 0 saturated heterocycles. The maximum absolute atomic E-state index is 11.9. The van der Waals surface area contributed by atoms with Crippen LogP contribution in [0.1, 0.15) is 190 Å². The van der Waals surface area contributed by atoms with E-state index < -0.39 is 27.3 Å². The normalized spacial score (nSPS) is 36.1. The van der Waals surface area contributed by atoms with E-state index in [1.807, 2.05) is 0 Å². The number of carbonyl (C=O) groups is 2. The van der Waals surface area contributed by atoms with Gasteiger partial charge >= 0.3 is 11.9 Å². The average Bonchev–Trinajstić information content (AvgIpc) is 3.79. The summed E-state index contributed by atoms with van der Waals surface area (Å²) in [7, 11) is -3.51. The maximum Gasteiger partial charge on any atom is 0.330 e. The SMILES string of the molecule is C=CC(=O)OC12CC3CC(C1)CC(OC1(CC)CCCC1)(C3)C2.C=CC(=O)OC12CC3CC(C1)CC(OS(C)(=O)=O)(C3)C2.CCC1(O)CCCC1.CCN(C(C)C)C(C)C. The largest absolute Gasteiger partial charge is 0.456 e. The van der Waals surface area contributed by atoms with Gasteiger partial charge in [0.05, 0.1) is 28.7 Å². The molecule has 8 bridgehead atoms. The minimum Gasteiger partial charge on any atom is -0.456 e. The van der Waals surface area contributed by atoms with E-state index >= 15 is 0 Å². The molecule has 4 unspecified atom stereocenters. The minimum atomic E-state index is -3.51. The molecule has 10 rings (SSSR count). The van der Waals surface area contributed by atoms with Crippen LogP contribution >= 0.6 is 0 Å². The summed E-state index contributed by atoms with van der Waals surface area (Å²) in [5, 5.41) is 9.50. The van der Waals surface area contributed by atoms with E-state index in [9.17, 15) is 23.1 Å². The number of nitrogens with zero attached hydrogens (tertiary/aromatic N) is 1. The standard InChI is InChI=1S/C20H30O3.C14H20O5S.C8H19N.C7H14O/c1-3-17(21)22-19-10-15-9-16(11-19)13-20(12-15,14-19)23-18(4-2)7-5-6-8-18;1-3-12(15)18-13-5-10-4-11(6-13)8-14(7-10,9-13)19-20(2,16)17;1-6-9(7(2)3)8(4)5;1-2-7(8)5-3-4-6-7/h3,15-16H,1,4-14H2,2H3;3,10-11H,1,4-9H2,2H3;7-8H,6H2,1-5H3;8H,2-6H2,1H3. The molecular weight excluding hydrogens is 779 g/mol. The fourth-order valence-corrected chi connectivity index (χ4v) is 15.0. The van der Waals surface area contributed by atoms with E-state index in [0.717, 1.165) is 89.9 Å². The third-order valence-electron chi connectivity index (χ3n) is 15.7. The van der Waals surface area contributed by atoms with Gasteiger partial charge in [-0.1, -0.05) is 59.6 Å². The van der Waals surface area contributed by atoms with Crippen LogP contribution in [0.15, 0.2) is 25.3 Å². The maximum atomic E-state index is 11.9. The number of aliphatic hydroxyl groups is 1. The predicted octanol–water partition coefficient (Wildman–Crippen LogP) is 10.2. The fraction of sp³-hybridized carbons (Fsp3) is 0.878. The summed E-state index contributed by atoms with van der Waals surface area (Å²) in [5.41, 5.74) is -1.71. The van der Waals surface area contributed by atoms with Gasteiger partial charge in [0.25, 0.3) is 10.1 Å². The highest BCUT2D eigenvalue weighted by molar-refractivity contribution is 7.86. The number of ether oxygens (including phenoxy) is 3. The van der Waals surface area contributed by atoms with Crippen molar-refractivity contribution in [2.24, 2.45) is 23.7 Å². The lowest BCUT2D eigenvalue weighted by Gasteiger charge is -2.62. The topological polar surface area (TPSA) is 129 Å². The summed E-state index contributed by atoms with van der Waals surface area (Å²) in [6.45, 7) is 23.7. The first kappa shape index (κ1) is 49.2. The van der Waals surface area contributed by atoms with Crippen LogP contribution in [-0.4, -0.2) is 88.9 Å². The van der Waals surface area contributed by atoms with Crippen LogP contribution in [-0.2, 0) is 38.1 Å². The molecule has 10 fully saturated rings. The summed E-state index contributed by atoms with van der Waals surface area (Å²) in [6, 6.07) is 1.38. The Kier molecular flexibility index (Phi) is 16.0. The zero-order chi connectivity index (χ0) is 44.2. The molecule has 4 atom stereocenters. The Hall–Kier alpha value is -1.79. The van der Waals surface area contributed by atoms with E-state index in [-0.39, 0.29) is 28.4 Å². The predicted molar refractivity (Wildman–Crippen MR) is 238 cm³/mol. The second-order valence-electron chi connectivity index (χ2n) is 21.3. The highest BCUT2D eigenvalue weighted by atomic mass is 32.2. The Morgan fingerprint density at radius 3 is 1.37 bits per heavy atom. The van der Waals surface area contributed by atoms with Crippen LogP contribution in [0, 0.1) is 23.7 Å². The lowest BCUT2D eigenvalue weighted by molar-refractivity contribution is -0.264. The van der Waals surface area contributed by atoms with Crippen molar-refractivity contribution in [2.75, 3.05) is 12.8 Å². The van der Waals surface area contributed by atoms with Crippen molar-refractivity contribution < 1.29 is 41.5 Å². The first-order valence-electron chi connectivity index (χ1n) is 23.9. The molecule has 10 saturated carbocycles. The lowest BCUT2D eigenvalue weighted by atomic mass is 9.52. The van der Waals surface area contributed by atoms with Crippen molar-refractivity contribution in [3.63, 3.8) is 0 Å². The first-order valence-corrected chi connectivity index (χ1v) is 25.7. The fourth-order valence-electron chi connectivity index (χ4n) is 14.2. The molecule has 1 N–H and O–H groups in total. The van der Waals surface area contributed by atoms with Gasteiger partial charge in [-0.2, -0.15) is 8.42 Å².